The number of rotatable bonds is 6. The summed E-state index contributed by atoms with van der Waals surface area (Å²) >= 11 is 0. The van der Waals surface area contributed by atoms with Crippen LogP contribution in [-0.2, 0) is 17.9 Å². The van der Waals surface area contributed by atoms with E-state index in [0.29, 0.717) is 12.6 Å². The van der Waals surface area contributed by atoms with Gasteiger partial charge in [0.2, 0.25) is 5.91 Å². The Labute approximate surface area is 120 Å². The molecule has 108 valence electrons. The maximum atomic E-state index is 11.3. The third-order valence-electron chi connectivity index (χ3n) is 3.53. The summed E-state index contributed by atoms with van der Waals surface area (Å²) in [5.41, 5.74) is 7.81. The molecule has 1 amide bonds. The second-order valence-corrected chi connectivity index (χ2v) is 5.66. The van der Waals surface area contributed by atoms with Crippen LogP contribution in [0.1, 0.15) is 26.3 Å². The van der Waals surface area contributed by atoms with Crippen molar-refractivity contribution >= 4 is 16.8 Å². The van der Waals surface area contributed by atoms with E-state index in [1.807, 2.05) is 13.1 Å². The van der Waals surface area contributed by atoms with Crippen LogP contribution in [0.5, 0.6) is 0 Å². The molecule has 0 aliphatic heterocycles. The summed E-state index contributed by atoms with van der Waals surface area (Å²) in [5.74, 6) is -0.429. The lowest BCUT2D eigenvalue weighted by Gasteiger charge is -2.14. The predicted molar refractivity (Wildman–Crippen MR) is 82.3 cm³/mol. The number of hydrogen-bond acceptors (Lipinski definition) is 2. The molecular formula is C16H23N3O. The minimum Gasteiger partial charge on any atom is -0.369 e. The van der Waals surface area contributed by atoms with E-state index in [-0.39, 0.29) is 11.8 Å². The Bertz CT molecular complexity index is 601. The van der Waals surface area contributed by atoms with Crippen molar-refractivity contribution < 1.29 is 4.79 Å². The highest BCUT2D eigenvalue weighted by atomic mass is 16.1. The molecule has 0 aliphatic carbocycles. The molecule has 0 fully saturated rings. The van der Waals surface area contributed by atoms with E-state index >= 15 is 0 Å². The van der Waals surface area contributed by atoms with Gasteiger partial charge in [0.25, 0.3) is 0 Å². The first-order chi connectivity index (χ1) is 9.49. The molecule has 0 spiro atoms. The van der Waals surface area contributed by atoms with Gasteiger partial charge in [-0.25, -0.2) is 0 Å². The number of nitrogens with two attached hydrogens (primary N) is 1. The predicted octanol–water partition coefficient (Wildman–Crippen LogP) is 2.26. The Hall–Kier alpha value is -1.81. The van der Waals surface area contributed by atoms with Crippen LogP contribution in [0.2, 0.25) is 0 Å². The van der Waals surface area contributed by atoms with Crippen molar-refractivity contribution in [2.24, 2.45) is 11.7 Å². The molecule has 2 aromatic rings. The zero-order chi connectivity index (χ0) is 14.7. The molecule has 0 saturated carbocycles. The van der Waals surface area contributed by atoms with E-state index in [0.717, 1.165) is 6.54 Å². The van der Waals surface area contributed by atoms with Crippen LogP contribution in [0.3, 0.4) is 0 Å². The Morgan fingerprint density at radius 3 is 2.70 bits per heavy atom. The van der Waals surface area contributed by atoms with Crippen molar-refractivity contribution in [1.29, 1.82) is 0 Å². The van der Waals surface area contributed by atoms with Crippen molar-refractivity contribution in [2.45, 2.75) is 39.9 Å². The molecule has 1 aromatic carbocycles. The largest absolute Gasteiger partial charge is 0.369 e. The average Bonchev–Trinajstić information content (AvgIpc) is 2.80. The van der Waals surface area contributed by atoms with E-state index in [4.69, 9.17) is 5.73 Å². The lowest BCUT2D eigenvalue weighted by atomic mass is 10.1. The van der Waals surface area contributed by atoms with Crippen LogP contribution in [0, 0.1) is 5.92 Å². The van der Waals surface area contributed by atoms with E-state index < -0.39 is 0 Å². The Kier molecular flexibility index (Phi) is 4.45. The molecule has 1 atom stereocenters. The van der Waals surface area contributed by atoms with Gasteiger partial charge >= 0.3 is 0 Å². The number of carbonyl (C=O) groups is 1. The zero-order valence-electron chi connectivity index (χ0n) is 12.4. The van der Waals surface area contributed by atoms with Crippen LogP contribution in [0.25, 0.3) is 10.9 Å². The number of primary amides is 1. The number of benzene rings is 1. The molecular weight excluding hydrogens is 250 g/mol. The molecule has 0 bridgehead atoms. The highest BCUT2D eigenvalue weighted by Gasteiger charge is 2.13. The number of para-hydroxylation sites is 1. The van der Waals surface area contributed by atoms with Gasteiger partial charge in [0, 0.05) is 25.3 Å². The lowest BCUT2D eigenvalue weighted by molar-refractivity contribution is -0.121. The average molecular weight is 273 g/mol. The normalized spacial score (nSPS) is 13.0. The molecule has 1 aromatic heterocycles. The minimum atomic E-state index is -0.260. The molecule has 2 rings (SSSR count). The van der Waals surface area contributed by atoms with Gasteiger partial charge in [0.15, 0.2) is 0 Å². The first-order valence-electron chi connectivity index (χ1n) is 7.08. The first kappa shape index (κ1) is 14.6. The quantitative estimate of drug-likeness (QED) is 0.848. The van der Waals surface area contributed by atoms with Crippen molar-refractivity contribution in [3.63, 3.8) is 0 Å². The Balaban J connectivity index is 2.33. The van der Waals surface area contributed by atoms with Crippen LogP contribution >= 0.6 is 0 Å². The molecule has 4 heteroatoms. The maximum absolute atomic E-state index is 11.3. The third kappa shape index (κ3) is 3.20. The van der Waals surface area contributed by atoms with Crippen LogP contribution in [0.4, 0.5) is 0 Å². The number of fused-ring (bicyclic) bond motifs is 1. The van der Waals surface area contributed by atoms with Gasteiger partial charge in [-0.15, -0.1) is 0 Å². The molecule has 0 radical (unpaired) electrons. The first-order valence-corrected chi connectivity index (χ1v) is 7.08. The standard InChI is InChI=1S/C16H23N3O/c1-11(2)18-9-14-6-4-5-13-7-8-19(15(13)14)10-12(3)16(17)20/h4-8,11-12,18H,9-10H2,1-3H3,(H2,17,20). The summed E-state index contributed by atoms with van der Waals surface area (Å²) in [6.45, 7) is 7.58. The summed E-state index contributed by atoms with van der Waals surface area (Å²) in [7, 11) is 0. The fourth-order valence-electron chi connectivity index (χ4n) is 2.33. The number of carbonyl (C=O) groups excluding carboxylic acids is 1. The molecule has 3 N–H and O–H groups in total. The molecule has 1 unspecified atom stereocenters. The van der Waals surface area contributed by atoms with Gasteiger partial charge in [0.05, 0.1) is 11.4 Å². The molecule has 4 nitrogen and oxygen atoms in total. The fourth-order valence-corrected chi connectivity index (χ4v) is 2.33. The van der Waals surface area contributed by atoms with Crippen molar-refractivity contribution in [1.82, 2.24) is 9.88 Å². The second kappa shape index (κ2) is 6.09. The summed E-state index contributed by atoms with van der Waals surface area (Å²) in [5, 5.41) is 4.64. The molecule has 1 heterocycles. The molecule has 0 aliphatic rings. The topological polar surface area (TPSA) is 60.1 Å². The lowest BCUT2D eigenvalue weighted by Crippen LogP contribution is -2.25. The minimum absolute atomic E-state index is 0.170. The van der Waals surface area contributed by atoms with Crippen molar-refractivity contribution in [3.05, 3.63) is 36.0 Å². The zero-order valence-corrected chi connectivity index (χ0v) is 12.4. The van der Waals surface area contributed by atoms with Gasteiger partial charge in [-0.1, -0.05) is 39.0 Å². The summed E-state index contributed by atoms with van der Waals surface area (Å²) in [4.78, 5) is 11.3. The summed E-state index contributed by atoms with van der Waals surface area (Å²) < 4.78 is 2.13. The maximum Gasteiger partial charge on any atom is 0.222 e. The number of aromatic nitrogens is 1. The fraction of sp³-hybridized carbons (Fsp3) is 0.438. The van der Waals surface area contributed by atoms with Gasteiger partial charge in [0.1, 0.15) is 0 Å². The smallest absolute Gasteiger partial charge is 0.222 e. The van der Waals surface area contributed by atoms with E-state index in [2.05, 4.69) is 48.0 Å². The summed E-state index contributed by atoms with van der Waals surface area (Å²) in [6, 6.07) is 8.82. The highest BCUT2D eigenvalue weighted by molar-refractivity contribution is 5.84. The van der Waals surface area contributed by atoms with E-state index in [9.17, 15) is 4.79 Å². The number of nitrogens with zero attached hydrogens (tertiary/aromatic N) is 1. The van der Waals surface area contributed by atoms with Gasteiger partial charge in [-0.2, -0.15) is 0 Å². The highest BCUT2D eigenvalue weighted by Crippen LogP contribution is 2.21. The number of amides is 1. The SMILES string of the molecule is CC(C)NCc1cccc2ccn(CC(C)C(N)=O)c12. The van der Waals surface area contributed by atoms with Crippen LogP contribution < -0.4 is 11.1 Å². The number of nitrogens with one attached hydrogen (secondary N) is 1. The third-order valence-corrected chi connectivity index (χ3v) is 3.53. The Morgan fingerprint density at radius 1 is 1.30 bits per heavy atom. The van der Waals surface area contributed by atoms with Gasteiger partial charge in [-0.05, 0) is 17.0 Å². The number of hydrogen-bond donors (Lipinski definition) is 2. The monoisotopic (exact) mass is 273 g/mol. The molecule has 0 saturated heterocycles. The van der Waals surface area contributed by atoms with Crippen molar-refractivity contribution in [3.8, 4) is 0 Å². The Morgan fingerprint density at radius 2 is 2.05 bits per heavy atom. The van der Waals surface area contributed by atoms with E-state index in [1.54, 1.807) is 0 Å². The second-order valence-electron chi connectivity index (χ2n) is 5.66. The van der Waals surface area contributed by atoms with Crippen molar-refractivity contribution in [2.75, 3.05) is 0 Å². The van der Waals surface area contributed by atoms with Crippen LogP contribution in [0.15, 0.2) is 30.5 Å². The van der Waals surface area contributed by atoms with Gasteiger partial charge in [-0.3, -0.25) is 4.79 Å². The van der Waals surface area contributed by atoms with Crippen LogP contribution in [-0.4, -0.2) is 16.5 Å². The molecule has 20 heavy (non-hydrogen) atoms. The van der Waals surface area contributed by atoms with E-state index in [1.165, 1.54) is 16.5 Å². The summed E-state index contributed by atoms with van der Waals surface area (Å²) in [6.07, 6.45) is 2.03. The van der Waals surface area contributed by atoms with Gasteiger partial charge < -0.3 is 15.6 Å².